The normalized spacial score (nSPS) is 12.1. The Morgan fingerprint density at radius 1 is 1.44 bits per heavy atom. The van der Waals surface area contributed by atoms with Crippen LogP contribution in [0.3, 0.4) is 0 Å². The van der Waals surface area contributed by atoms with Crippen molar-refractivity contribution in [1.29, 1.82) is 0 Å². The number of nitrogens with zero attached hydrogens (tertiary/aromatic N) is 4. The number of amides is 1. The number of nitrogens with one attached hydrogen (secondary N) is 1. The standard InChI is InChI=1S/C17H23BrFN5O3/c1-6-13(16(25)22(4)27-5)20-14-9-15(12(19)8-11(14)18)24-17(26)23(7-2)10(3)21-24/h8-9,13,20H,6-7H2,1-5H3. The van der Waals surface area contributed by atoms with Crippen LogP contribution in [0.2, 0.25) is 0 Å². The van der Waals surface area contributed by atoms with Crippen molar-refractivity contribution in [2.24, 2.45) is 0 Å². The summed E-state index contributed by atoms with van der Waals surface area (Å²) in [6.45, 7) is 5.77. The van der Waals surface area contributed by atoms with Crippen LogP contribution in [-0.2, 0) is 16.2 Å². The Balaban J connectivity index is 2.47. The maximum Gasteiger partial charge on any atom is 0.350 e. The zero-order valence-corrected chi connectivity index (χ0v) is 17.5. The molecule has 0 fully saturated rings. The second kappa shape index (κ2) is 8.66. The minimum absolute atomic E-state index is 0.00315. The van der Waals surface area contributed by atoms with Crippen molar-refractivity contribution in [3.63, 3.8) is 0 Å². The SMILES string of the molecule is CCC(Nc1cc(-n2nc(C)n(CC)c2=O)c(F)cc1Br)C(=O)N(C)OC. The van der Waals surface area contributed by atoms with Crippen LogP contribution in [0.4, 0.5) is 10.1 Å². The molecular formula is C17H23BrFN5O3. The number of carbonyl (C=O) groups excluding carboxylic acids is 1. The lowest BCUT2D eigenvalue weighted by atomic mass is 10.2. The molecular weight excluding hydrogens is 421 g/mol. The van der Waals surface area contributed by atoms with Gasteiger partial charge in [0.25, 0.3) is 5.91 Å². The van der Waals surface area contributed by atoms with Crippen LogP contribution in [0.5, 0.6) is 0 Å². The zero-order valence-electron chi connectivity index (χ0n) is 15.9. The fraction of sp³-hybridized carbons (Fsp3) is 0.471. The summed E-state index contributed by atoms with van der Waals surface area (Å²) in [7, 11) is 2.91. The largest absolute Gasteiger partial charge is 0.373 e. The number of anilines is 1. The number of hydroxylamine groups is 2. The number of hydrogen-bond donors (Lipinski definition) is 1. The van der Waals surface area contributed by atoms with E-state index in [9.17, 15) is 14.0 Å². The highest BCUT2D eigenvalue weighted by Crippen LogP contribution is 2.28. The van der Waals surface area contributed by atoms with Gasteiger partial charge in [0.2, 0.25) is 0 Å². The summed E-state index contributed by atoms with van der Waals surface area (Å²) in [6.07, 6.45) is 0.481. The molecule has 0 spiro atoms. The fourth-order valence-corrected chi connectivity index (χ4v) is 3.09. The third-order valence-electron chi connectivity index (χ3n) is 4.25. The van der Waals surface area contributed by atoms with Gasteiger partial charge < -0.3 is 5.32 Å². The van der Waals surface area contributed by atoms with Crippen LogP contribution >= 0.6 is 15.9 Å². The molecule has 148 valence electrons. The molecule has 1 N–H and O–H groups in total. The Kier molecular flexibility index (Phi) is 6.77. The number of rotatable bonds is 7. The molecule has 1 heterocycles. The third kappa shape index (κ3) is 4.22. The second-order valence-electron chi connectivity index (χ2n) is 5.89. The first-order chi connectivity index (χ1) is 12.7. The van der Waals surface area contributed by atoms with Crippen molar-refractivity contribution in [2.75, 3.05) is 19.5 Å². The monoisotopic (exact) mass is 443 g/mol. The van der Waals surface area contributed by atoms with Crippen LogP contribution in [0.1, 0.15) is 26.1 Å². The molecule has 0 aliphatic carbocycles. The molecule has 27 heavy (non-hydrogen) atoms. The summed E-state index contributed by atoms with van der Waals surface area (Å²) in [5.74, 6) is -0.396. The van der Waals surface area contributed by atoms with E-state index in [-0.39, 0.29) is 11.6 Å². The second-order valence-corrected chi connectivity index (χ2v) is 6.75. The predicted octanol–water partition coefficient (Wildman–Crippen LogP) is 2.47. The molecule has 8 nitrogen and oxygen atoms in total. The minimum atomic E-state index is -0.608. The van der Waals surface area contributed by atoms with E-state index in [2.05, 4.69) is 26.3 Å². The van der Waals surface area contributed by atoms with E-state index in [1.165, 1.54) is 30.9 Å². The Morgan fingerprint density at radius 3 is 2.63 bits per heavy atom. The number of aryl methyl sites for hydroxylation is 1. The van der Waals surface area contributed by atoms with Gasteiger partial charge in [-0.25, -0.2) is 14.2 Å². The smallest absolute Gasteiger partial charge is 0.350 e. The van der Waals surface area contributed by atoms with E-state index in [1.807, 2.05) is 13.8 Å². The molecule has 10 heteroatoms. The van der Waals surface area contributed by atoms with Crippen LogP contribution in [0.25, 0.3) is 5.69 Å². The van der Waals surface area contributed by atoms with Gasteiger partial charge in [-0.3, -0.25) is 14.2 Å². The van der Waals surface area contributed by atoms with Gasteiger partial charge >= 0.3 is 5.69 Å². The predicted molar refractivity (Wildman–Crippen MR) is 103 cm³/mol. The zero-order chi connectivity index (χ0) is 20.3. The van der Waals surface area contributed by atoms with Crippen molar-refractivity contribution in [3.05, 3.63) is 38.7 Å². The van der Waals surface area contributed by atoms with Crippen LogP contribution in [-0.4, -0.2) is 45.5 Å². The molecule has 0 saturated carbocycles. The maximum absolute atomic E-state index is 14.5. The fourth-order valence-electron chi connectivity index (χ4n) is 2.66. The quantitative estimate of drug-likeness (QED) is 0.664. The van der Waals surface area contributed by atoms with Crippen molar-refractivity contribution in [3.8, 4) is 5.69 Å². The molecule has 1 unspecified atom stereocenters. The number of hydrogen-bond acceptors (Lipinski definition) is 5. The lowest BCUT2D eigenvalue weighted by molar-refractivity contribution is -0.169. The molecule has 1 atom stereocenters. The lowest BCUT2D eigenvalue weighted by Crippen LogP contribution is -2.40. The first-order valence-electron chi connectivity index (χ1n) is 8.49. The molecule has 0 aliphatic rings. The summed E-state index contributed by atoms with van der Waals surface area (Å²) < 4.78 is 17.4. The maximum atomic E-state index is 14.5. The van der Waals surface area contributed by atoms with Gasteiger partial charge in [0.1, 0.15) is 23.4 Å². The summed E-state index contributed by atoms with van der Waals surface area (Å²) in [4.78, 5) is 29.8. The van der Waals surface area contributed by atoms with Crippen LogP contribution < -0.4 is 11.0 Å². The number of carbonyl (C=O) groups is 1. The molecule has 0 bridgehead atoms. The summed E-state index contributed by atoms with van der Waals surface area (Å²) in [5.41, 5.74) is 0.0412. The Hall–Kier alpha value is -2.20. The Morgan fingerprint density at radius 2 is 2.11 bits per heavy atom. The van der Waals surface area contributed by atoms with E-state index in [1.54, 1.807) is 6.92 Å². The Bertz CT molecular complexity index is 895. The topological polar surface area (TPSA) is 81.4 Å². The van der Waals surface area contributed by atoms with E-state index < -0.39 is 17.5 Å². The molecule has 1 amide bonds. The third-order valence-corrected chi connectivity index (χ3v) is 4.90. The molecule has 1 aromatic heterocycles. The first kappa shape index (κ1) is 21.1. The van der Waals surface area contributed by atoms with Gasteiger partial charge in [0.05, 0.1) is 12.8 Å². The number of benzene rings is 1. The first-order valence-corrected chi connectivity index (χ1v) is 9.28. The van der Waals surface area contributed by atoms with Gasteiger partial charge in [-0.15, -0.1) is 0 Å². The summed E-state index contributed by atoms with van der Waals surface area (Å²) >= 11 is 3.29. The number of aromatic nitrogens is 3. The average molecular weight is 444 g/mol. The van der Waals surface area contributed by atoms with Crippen molar-refractivity contribution >= 4 is 27.5 Å². The molecule has 2 rings (SSSR count). The van der Waals surface area contributed by atoms with Crippen molar-refractivity contribution in [2.45, 2.75) is 39.8 Å². The number of halogens is 2. The molecule has 1 aromatic carbocycles. The number of likely N-dealkylation sites (N-methyl/N-ethyl adjacent to an activating group) is 1. The van der Waals surface area contributed by atoms with E-state index >= 15 is 0 Å². The highest BCUT2D eigenvalue weighted by atomic mass is 79.9. The van der Waals surface area contributed by atoms with E-state index in [4.69, 9.17) is 4.84 Å². The van der Waals surface area contributed by atoms with Gasteiger partial charge in [-0.2, -0.15) is 9.78 Å². The lowest BCUT2D eigenvalue weighted by Gasteiger charge is -2.23. The van der Waals surface area contributed by atoms with Crippen LogP contribution in [0, 0.1) is 12.7 Å². The van der Waals surface area contributed by atoms with Crippen LogP contribution in [0.15, 0.2) is 21.4 Å². The van der Waals surface area contributed by atoms with Crippen molar-refractivity contribution in [1.82, 2.24) is 19.4 Å². The molecule has 0 aliphatic heterocycles. The summed E-state index contributed by atoms with van der Waals surface area (Å²) in [6, 6.07) is 2.11. The Labute approximate surface area is 165 Å². The van der Waals surface area contributed by atoms with Gasteiger partial charge in [0, 0.05) is 18.1 Å². The molecule has 2 aromatic rings. The molecule has 0 radical (unpaired) electrons. The highest BCUT2D eigenvalue weighted by molar-refractivity contribution is 9.10. The van der Waals surface area contributed by atoms with Gasteiger partial charge in [0.15, 0.2) is 0 Å². The van der Waals surface area contributed by atoms with Gasteiger partial charge in [-0.1, -0.05) is 6.92 Å². The van der Waals surface area contributed by atoms with E-state index in [0.717, 1.165) is 9.75 Å². The van der Waals surface area contributed by atoms with E-state index in [0.29, 0.717) is 29.0 Å². The summed E-state index contributed by atoms with van der Waals surface area (Å²) in [5, 5.41) is 8.34. The minimum Gasteiger partial charge on any atom is -0.373 e. The average Bonchev–Trinajstić information content (AvgIpc) is 2.93. The van der Waals surface area contributed by atoms with Gasteiger partial charge in [-0.05, 0) is 48.3 Å². The van der Waals surface area contributed by atoms with Crippen molar-refractivity contribution < 1.29 is 14.0 Å². The highest BCUT2D eigenvalue weighted by Gasteiger charge is 2.23. The molecule has 0 saturated heterocycles.